The summed E-state index contributed by atoms with van der Waals surface area (Å²) in [5.74, 6) is 0.141. The minimum absolute atomic E-state index is 0.141. The zero-order valence-electron chi connectivity index (χ0n) is 12.0. The summed E-state index contributed by atoms with van der Waals surface area (Å²) < 4.78 is 0. The van der Waals surface area contributed by atoms with E-state index in [0.717, 1.165) is 42.6 Å². The molecule has 0 N–H and O–H groups in total. The van der Waals surface area contributed by atoms with Crippen molar-refractivity contribution in [3.05, 3.63) is 71.8 Å². The molecule has 1 saturated heterocycles. The largest absolute Gasteiger partial charge is 0.339 e. The number of nitrogens with zero attached hydrogens (tertiary/aromatic N) is 1. The third-order valence-corrected chi connectivity index (χ3v) is 3.82. The predicted octanol–water partition coefficient (Wildman–Crippen LogP) is 3.85. The van der Waals surface area contributed by atoms with E-state index < -0.39 is 0 Å². The minimum atomic E-state index is 0.141. The number of hydrogen-bond donors (Lipinski definition) is 0. The van der Waals surface area contributed by atoms with Crippen molar-refractivity contribution in [3.8, 4) is 0 Å². The lowest BCUT2D eigenvalue weighted by molar-refractivity contribution is -0.123. The van der Waals surface area contributed by atoms with E-state index in [4.69, 9.17) is 0 Å². The van der Waals surface area contributed by atoms with Gasteiger partial charge in [-0.1, -0.05) is 60.7 Å². The Kier molecular flexibility index (Phi) is 4.15. The van der Waals surface area contributed by atoms with Crippen LogP contribution in [-0.2, 0) is 4.79 Å². The van der Waals surface area contributed by atoms with Crippen LogP contribution in [0.4, 0.5) is 0 Å². The van der Waals surface area contributed by atoms with Gasteiger partial charge in [-0.05, 0) is 30.0 Å². The molecule has 2 aromatic carbocycles. The van der Waals surface area contributed by atoms with E-state index >= 15 is 0 Å². The monoisotopic (exact) mass is 277 g/mol. The third kappa shape index (κ3) is 3.22. The molecule has 3 rings (SSSR count). The molecule has 2 heteroatoms. The molecule has 106 valence electrons. The van der Waals surface area contributed by atoms with Gasteiger partial charge in [0.2, 0.25) is 0 Å². The van der Waals surface area contributed by atoms with Gasteiger partial charge in [0.15, 0.2) is 0 Å². The number of hydrogen-bond acceptors (Lipinski definition) is 1. The van der Waals surface area contributed by atoms with Gasteiger partial charge < -0.3 is 4.90 Å². The molecule has 0 unspecified atom stereocenters. The van der Waals surface area contributed by atoms with E-state index in [2.05, 4.69) is 0 Å². The van der Waals surface area contributed by atoms with Crippen molar-refractivity contribution >= 4 is 17.6 Å². The van der Waals surface area contributed by atoms with Crippen molar-refractivity contribution in [3.63, 3.8) is 0 Å². The fraction of sp³-hybridized carbons (Fsp3) is 0.211. The summed E-state index contributed by atoms with van der Waals surface area (Å²) in [6, 6.07) is 20.0. The quantitative estimate of drug-likeness (QED) is 0.616. The first kappa shape index (κ1) is 13.6. The van der Waals surface area contributed by atoms with Gasteiger partial charge in [-0.15, -0.1) is 0 Å². The molecule has 0 aromatic heterocycles. The summed E-state index contributed by atoms with van der Waals surface area (Å²) >= 11 is 0. The van der Waals surface area contributed by atoms with Crippen LogP contribution in [0.2, 0.25) is 0 Å². The molecule has 0 aliphatic carbocycles. The van der Waals surface area contributed by atoms with Crippen LogP contribution in [0.1, 0.15) is 24.0 Å². The summed E-state index contributed by atoms with van der Waals surface area (Å²) in [6.45, 7) is 1.75. The molecule has 1 fully saturated rings. The average Bonchev–Trinajstić information content (AvgIpc) is 3.08. The minimum Gasteiger partial charge on any atom is -0.339 e. The smallest absolute Gasteiger partial charge is 0.254 e. The van der Waals surface area contributed by atoms with Crippen LogP contribution in [0.25, 0.3) is 11.6 Å². The Balaban J connectivity index is 1.99. The Labute approximate surface area is 125 Å². The Bertz CT molecular complexity index is 625. The zero-order valence-corrected chi connectivity index (χ0v) is 12.0. The number of carbonyl (C=O) groups is 1. The standard InChI is InChI=1S/C19H19NO/c21-19(20-13-7-8-14-20)18(17-11-5-2-6-12-17)15-16-9-3-1-4-10-16/h1-6,9-12,15H,7-8,13-14H2/b18-15+. The number of benzene rings is 2. The fourth-order valence-electron chi connectivity index (χ4n) is 2.69. The molecule has 0 radical (unpaired) electrons. The Morgan fingerprint density at radius 3 is 2.05 bits per heavy atom. The molecule has 0 saturated carbocycles. The van der Waals surface area contributed by atoms with Crippen LogP contribution in [0, 0.1) is 0 Å². The normalized spacial score (nSPS) is 15.2. The van der Waals surface area contributed by atoms with Gasteiger partial charge in [-0.3, -0.25) is 4.79 Å². The highest BCUT2D eigenvalue weighted by atomic mass is 16.2. The number of amides is 1. The van der Waals surface area contributed by atoms with Crippen molar-refractivity contribution in [2.75, 3.05) is 13.1 Å². The number of carbonyl (C=O) groups excluding carboxylic acids is 1. The summed E-state index contributed by atoms with van der Waals surface area (Å²) in [5.41, 5.74) is 2.82. The summed E-state index contributed by atoms with van der Waals surface area (Å²) in [6.07, 6.45) is 4.22. The first-order valence-electron chi connectivity index (χ1n) is 7.46. The van der Waals surface area contributed by atoms with E-state index in [1.165, 1.54) is 0 Å². The fourth-order valence-corrected chi connectivity index (χ4v) is 2.69. The second-order valence-electron chi connectivity index (χ2n) is 5.33. The van der Waals surface area contributed by atoms with Gasteiger partial charge in [-0.25, -0.2) is 0 Å². The Morgan fingerprint density at radius 1 is 0.857 bits per heavy atom. The van der Waals surface area contributed by atoms with E-state index in [0.29, 0.717) is 0 Å². The topological polar surface area (TPSA) is 20.3 Å². The second-order valence-corrected chi connectivity index (χ2v) is 5.33. The molecular formula is C19H19NO. The van der Waals surface area contributed by atoms with E-state index in [-0.39, 0.29) is 5.91 Å². The second kappa shape index (κ2) is 6.40. The molecule has 1 heterocycles. The van der Waals surface area contributed by atoms with Crippen LogP contribution < -0.4 is 0 Å². The van der Waals surface area contributed by atoms with Crippen LogP contribution in [0.3, 0.4) is 0 Å². The summed E-state index contributed by atoms with van der Waals surface area (Å²) in [7, 11) is 0. The summed E-state index contributed by atoms with van der Waals surface area (Å²) in [4.78, 5) is 14.8. The first-order chi connectivity index (χ1) is 10.3. The summed E-state index contributed by atoms with van der Waals surface area (Å²) in [5, 5.41) is 0. The van der Waals surface area contributed by atoms with Crippen LogP contribution in [-0.4, -0.2) is 23.9 Å². The van der Waals surface area contributed by atoms with Crippen molar-refractivity contribution in [1.29, 1.82) is 0 Å². The molecule has 1 aliphatic heterocycles. The lowest BCUT2D eigenvalue weighted by Crippen LogP contribution is -2.28. The van der Waals surface area contributed by atoms with Gasteiger partial charge >= 0.3 is 0 Å². The lowest BCUT2D eigenvalue weighted by Gasteiger charge is -2.18. The molecule has 21 heavy (non-hydrogen) atoms. The van der Waals surface area contributed by atoms with E-state index in [1.54, 1.807) is 0 Å². The maximum Gasteiger partial charge on any atom is 0.254 e. The number of likely N-dealkylation sites (tertiary alicyclic amines) is 1. The molecule has 0 spiro atoms. The van der Waals surface area contributed by atoms with E-state index in [1.807, 2.05) is 71.6 Å². The molecule has 0 atom stereocenters. The molecule has 0 bridgehead atoms. The highest BCUT2D eigenvalue weighted by Crippen LogP contribution is 2.23. The first-order valence-corrected chi connectivity index (χ1v) is 7.46. The highest BCUT2D eigenvalue weighted by Gasteiger charge is 2.22. The predicted molar refractivity (Wildman–Crippen MR) is 86.6 cm³/mol. The maximum atomic E-state index is 12.8. The van der Waals surface area contributed by atoms with Gasteiger partial charge in [0.1, 0.15) is 0 Å². The van der Waals surface area contributed by atoms with E-state index in [9.17, 15) is 4.79 Å². The molecule has 1 amide bonds. The highest BCUT2D eigenvalue weighted by molar-refractivity contribution is 6.24. The van der Waals surface area contributed by atoms with Crippen molar-refractivity contribution < 1.29 is 4.79 Å². The van der Waals surface area contributed by atoms with Gasteiger partial charge in [-0.2, -0.15) is 0 Å². The van der Waals surface area contributed by atoms with Crippen molar-refractivity contribution in [2.45, 2.75) is 12.8 Å². The molecule has 1 aliphatic rings. The third-order valence-electron chi connectivity index (χ3n) is 3.82. The van der Waals surface area contributed by atoms with Gasteiger partial charge in [0.05, 0.1) is 0 Å². The average molecular weight is 277 g/mol. The van der Waals surface area contributed by atoms with Crippen molar-refractivity contribution in [1.82, 2.24) is 4.90 Å². The zero-order chi connectivity index (χ0) is 14.5. The van der Waals surface area contributed by atoms with Crippen LogP contribution >= 0.6 is 0 Å². The van der Waals surface area contributed by atoms with Gasteiger partial charge in [0.25, 0.3) is 5.91 Å². The maximum absolute atomic E-state index is 12.8. The molecule has 2 nitrogen and oxygen atoms in total. The van der Waals surface area contributed by atoms with Crippen LogP contribution in [0.5, 0.6) is 0 Å². The SMILES string of the molecule is O=C(/C(=C/c1ccccc1)c1ccccc1)N1CCCC1. The Hall–Kier alpha value is -2.35. The Morgan fingerprint density at radius 2 is 1.43 bits per heavy atom. The van der Waals surface area contributed by atoms with Crippen molar-refractivity contribution in [2.24, 2.45) is 0 Å². The molecular weight excluding hydrogens is 258 g/mol. The lowest BCUT2D eigenvalue weighted by atomic mass is 10.0. The van der Waals surface area contributed by atoms with Gasteiger partial charge in [0, 0.05) is 18.7 Å². The van der Waals surface area contributed by atoms with Crippen LogP contribution in [0.15, 0.2) is 60.7 Å². The number of rotatable bonds is 3. The molecule has 2 aromatic rings.